The molecule has 0 bridgehead atoms. The summed E-state index contributed by atoms with van der Waals surface area (Å²) in [4.78, 5) is 7.24. The highest BCUT2D eigenvalue weighted by Crippen LogP contribution is 2.30. The molecule has 1 fully saturated rings. The van der Waals surface area contributed by atoms with E-state index in [1.165, 1.54) is 18.4 Å². The second-order valence-corrected chi connectivity index (χ2v) is 6.67. The van der Waals surface area contributed by atoms with Crippen LogP contribution >= 0.6 is 0 Å². The lowest BCUT2D eigenvalue weighted by molar-refractivity contribution is 0.938. The van der Waals surface area contributed by atoms with Crippen LogP contribution in [0.5, 0.6) is 0 Å². The van der Waals surface area contributed by atoms with Gasteiger partial charge in [0.25, 0.3) is 0 Å². The molecular formula is C20H19N5. The number of hydrogen-bond acceptors (Lipinski definition) is 4. The maximum Gasteiger partial charge on any atom is 0.204 e. The van der Waals surface area contributed by atoms with Crippen molar-refractivity contribution < 1.29 is 0 Å². The van der Waals surface area contributed by atoms with Crippen LogP contribution in [-0.4, -0.2) is 32.7 Å². The van der Waals surface area contributed by atoms with E-state index in [2.05, 4.69) is 62.8 Å². The summed E-state index contributed by atoms with van der Waals surface area (Å²) in [5.41, 5.74) is 5.17. The first-order chi connectivity index (χ1) is 12.3. The molecule has 0 atom stereocenters. The number of anilines is 1. The Morgan fingerprint density at radius 3 is 2.44 bits per heavy atom. The quantitative estimate of drug-likeness (QED) is 0.560. The number of nitrogens with zero attached hydrogens (tertiary/aromatic N) is 5. The van der Waals surface area contributed by atoms with Crippen molar-refractivity contribution in [1.82, 2.24) is 19.6 Å². The first kappa shape index (κ1) is 14.4. The number of fused-ring (bicyclic) bond motifs is 3. The lowest BCUT2D eigenvalue weighted by atomic mass is 10.1. The zero-order valence-electron chi connectivity index (χ0n) is 14.2. The van der Waals surface area contributed by atoms with E-state index in [4.69, 9.17) is 4.98 Å². The molecule has 0 N–H and O–H groups in total. The summed E-state index contributed by atoms with van der Waals surface area (Å²) >= 11 is 0. The van der Waals surface area contributed by atoms with Gasteiger partial charge in [-0.1, -0.05) is 42.0 Å². The van der Waals surface area contributed by atoms with Crippen LogP contribution < -0.4 is 4.90 Å². The third-order valence-electron chi connectivity index (χ3n) is 4.93. The highest BCUT2D eigenvalue weighted by Gasteiger charge is 2.22. The van der Waals surface area contributed by atoms with Crippen molar-refractivity contribution in [2.45, 2.75) is 19.8 Å². The Kier molecular flexibility index (Phi) is 3.20. The second-order valence-electron chi connectivity index (χ2n) is 6.67. The minimum atomic E-state index is 0.844. The van der Waals surface area contributed by atoms with Crippen molar-refractivity contribution >= 4 is 22.5 Å². The van der Waals surface area contributed by atoms with Gasteiger partial charge in [0.1, 0.15) is 0 Å². The molecule has 5 heteroatoms. The molecule has 5 rings (SSSR count). The Labute approximate surface area is 145 Å². The summed E-state index contributed by atoms with van der Waals surface area (Å²) in [7, 11) is 0. The average molecular weight is 329 g/mol. The Balaban J connectivity index is 1.84. The summed E-state index contributed by atoms with van der Waals surface area (Å²) in [6.07, 6.45) is 2.42. The molecule has 0 spiro atoms. The first-order valence-corrected chi connectivity index (χ1v) is 8.77. The molecule has 0 radical (unpaired) electrons. The van der Waals surface area contributed by atoms with Crippen molar-refractivity contribution in [2.24, 2.45) is 0 Å². The monoisotopic (exact) mass is 329 g/mol. The Bertz CT molecular complexity index is 1060. The summed E-state index contributed by atoms with van der Waals surface area (Å²) in [5.74, 6) is 1.82. The molecule has 0 saturated carbocycles. The van der Waals surface area contributed by atoms with Gasteiger partial charge < -0.3 is 4.90 Å². The van der Waals surface area contributed by atoms with Gasteiger partial charge in [-0.25, -0.2) is 4.98 Å². The predicted molar refractivity (Wildman–Crippen MR) is 99.9 cm³/mol. The molecule has 4 aromatic rings. The molecule has 1 aliphatic rings. The zero-order valence-corrected chi connectivity index (χ0v) is 14.2. The SMILES string of the molecule is Cc1ccc(-c2nnc3c(N4CCCC4)nc4ccccc4n23)cc1. The van der Waals surface area contributed by atoms with Gasteiger partial charge in [-0.3, -0.25) is 4.40 Å². The molecule has 2 aromatic heterocycles. The molecule has 1 saturated heterocycles. The van der Waals surface area contributed by atoms with Crippen LogP contribution in [0.1, 0.15) is 18.4 Å². The fourth-order valence-electron chi connectivity index (χ4n) is 3.60. The third kappa shape index (κ3) is 2.27. The van der Waals surface area contributed by atoms with Crippen molar-refractivity contribution in [2.75, 3.05) is 18.0 Å². The normalized spacial score (nSPS) is 14.7. The number of aryl methyl sites for hydroxylation is 1. The maximum absolute atomic E-state index is 4.91. The van der Waals surface area contributed by atoms with Gasteiger partial charge in [-0.05, 0) is 31.9 Å². The molecule has 5 nitrogen and oxygen atoms in total. The van der Waals surface area contributed by atoms with Gasteiger partial charge in [-0.2, -0.15) is 0 Å². The van der Waals surface area contributed by atoms with Crippen molar-refractivity contribution in [3.05, 3.63) is 54.1 Å². The molecular weight excluding hydrogens is 310 g/mol. The predicted octanol–water partition coefficient (Wildman–Crippen LogP) is 3.85. The number of para-hydroxylation sites is 2. The molecule has 2 aromatic carbocycles. The van der Waals surface area contributed by atoms with E-state index in [0.29, 0.717) is 0 Å². The van der Waals surface area contributed by atoms with Gasteiger partial charge in [0.05, 0.1) is 11.0 Å². The number of aromatic nitrogens is 4. The molecule has 3 heterocycles. The summed E-state index contributed by atoms with van der Waals surface area (Å²) in [6, 6.07) is 16.7. The van der Waals surface area contributed by atoms with Crippen LogP contribution in [-0.2, 0) is 0 Å². The topological polar surface area (TPSA) is 46.3 Å². The van der Waals surface area contributed by atoms with Crippen LogP contribution in [0.25, 0.3) is 28.1 Å². The van der Waals surface area contributed by atoms with E-state index in [0.717, 1.165) is 47.0 Å². The lowest BCUT2D eigenvalue weighted by Crippen LogP contribution is -2.20. The van der Waals surface area contributed by atoms with Crippen molar-refractivity contribution in [3.63, 3.8) is 0 Å². The second kappa shape index (κ2) is 5.55. The first-order valence-electron chi connectivity index (χ1n) is 8.77. The van der Waals surface area contributed by atoms with Crippen molar-refractivity contribution in [1.29, 1.82) is 0 Å². The lowest BCUT2D eigenvalue weighted by Gasteiger charge is -2.18. The van der Waals surface area contributed by atoms with E-state index in [9.17, 15) is 0 Å². The van der Waals surface area contributed by atoms with Crippen LogP contribution in [0.2, 0.25) is 0 Å². The van der Waals surface area contributed by atoms with E-state index in [1.54, 1.807) is 0 Å². The van der Waals surface area contributed by atoms with Crippen LogP contribution in [0.3, 0.4) is 0 Å². The standard InChI is InChI=1S/C20H19N5/c1-14-8-10-15(11-9-14)18-22-23-20-19(24-12-4-5-13-24)21-16-6-2-3-7-17(16)25(18)20/h2-3,6-11H,4-5,12-13H2,1H3. The summed E-state index contributed by atoms with van der Waals surface area (Å²) in [5, 5.41) is 9.04. The maximum atomic E-state index is 4.91. The van der Waals surface area contributed by atoms with Crippen LogP contribution in [0, 0.1) is 6.92 Å². The summed E-state index contributed by atoms with van der Waals surface area (Å²) in [6.45, 7) is 4.16. The molecule has 124 valence electrons. The fraction of sp³-hybridized carbons (Fsp3) is 0.250. The smallest absolute Gasteiger partial charge is 0.204 e. The van der Waals surface area contributed by atoms with Gasteiger partial charge in [0, 0.05) is 18.7 Å². The largest absolute Gasteiger partial charge is 0.353 e. The minimum Gasteiger partial charge on any atom is -0.353 e. The number of rotatable bonds is 2. The highest BCUT2D eigenvalue weighted by molar-refractivity contribution is 5.85. The molecule has 1 aliphatic heterocycles. The van der Waals surface area contributed by atoms with Gasteiger partial charge in [0.15, 0.2) is 11.6 Å². The van der Waals surface area contributed by atoms with Gasteiger partial charge in [-0.15, -0.1) is 10.2 Å². The van der Waals surface area contributed by atoms with Crippen LogP contribution in [0.4, 0.5) is 5.82 Å². The molecule has 0 aliphatic carbocycles. The fourth-order valence-corrected chi connectivity index (χ4v) is 3.60. The Morgan fingerprint density at radius 2 is 1.64 bits per heavy atom. The van der Waals surface area contributed by atoms with E-state index in [-0.39, 0.29) is 0 Å². The summed E-state index contributed by atoms with van der Waals surface area (Å²) < 4.78 is 2.15. The van der Waals surface area contributed by atoms with E-state index < -0.39 is 0 Å². The highest BCUT2D eigenvalue weighted by atomic mass is 15.3. The van der Waals surface area contributed by atoms with Gasteiger partial charge in [0.2, 0.25) is 5.65 Å². The molecule has 25 heavy (non-hydrogen) atoms. The van der Waals surface area contributed by atoms with E-state index >= 15 is 0 Å². The van der Waals surface area contributed by atoms with Crippen LogP contribution in [0.15, 0.2) is 48.5 Å². The third-order valence-corrected chi connectivity index (χ3v) is 4.93. The molecule has 0 amide bonds. The minimum absolute atomic E-state index is 0.844. The average Bonchev–Trinajstić information content (AvgIpc) is 3.32. The van der Waals surface area contributed by atoms with E-state index in [1.807, 2.05) is 12.1 Å². The number of benzene rings is 2. The Hall–Kier alpha value is -2.95. The Morgan fingerprint density at radius 1 is 0.880 bits per heavy atom. The zero-order chi connectivity index (χ0) is 16.8. The van der Waals surface area contributed by atoms with Gasteiger partial charge >= 0.3 is 0 Å². The van der Waals surface area contributed by atoms with Crippen molar-refractivity contribution in [3.8, 4) is 11.4 Å². The number of hydrogen-bond donors (Lipinski definition) is 0. The molecule has 0 unspecified atom stereocenters.